The normalized spacial score (nSPS) is 20.4. The van der Waals surface area contributed by atoms with Crippen molar-refractivity contribution in [3.05, 3.63) is 0 Å². The maximum Gasteiger partial charge on any atom is 0.217 e. The molecule has 0 saturated heterocycles. The summed E-state index contributed by atoms with van der Waals surface area (Å²) in [6, 6.07) is 0.209. The molecule has 1 saturated carbocycles. The van der Waals surface area contributed by atoms with Crippen LogP contribution in [0.25, 0.3) is 0 Å². The van der Waals surface area contributed by atoms with Crippen LogP contribution in [0.5, 0.6) is 0 Å². The fourth-order valence-corrected chi connectivity index (χ4v) is 4.22. The summed E-state index contributed by atoms with van der Waals surface area (Å²) in [7, 11) is -1.40. The fourth-order valence-electron chi connectivity index (χ4n) is 2.70. The molecule has 0 amide bonds. The van der Waals surface area contributed by atoms with Gasteiger partial charge in [0.25, 0.3) is 0 Å². The zero-order valence-corrected chi connectivity index (χ0v) is 13.5. The lowest BCUT2D eigenvalue weighted by molar-refractivity contribution is 0.331. The number of sulfonamides is 1. The Kier molecular flexibility index (Phi) is 7.32. The van der Waals surface area contributed by atoms with Gasteiger partial charge in [0.1, 0.15) is 0 Å². The van der Waals surface area contributed by atoms with Crippen LogP contribution in [0.15, 0.2) is 0 Å². The topological polar surface area (TPSA) is 49.4 Å². The van der Waals surface area contributed by atoms with Crippen LogP contribution in [0.1, 0.15) is 58.8 Å². The average Bonchev–Trinajstić information content (AvgIpc) is 2.66. The molecule has 1 rings (SSSR count). The first-order valence-corrected chi connectivity index (χ1v) is 9.18. The Labute approximate surface area is 119 Å². The summed E-state index contributed by atoms with van der Waals surface area (Å²) in [6.45, 7) is 5.33. The van der Waals surface area contributed by atoms with Crippen LogP contribution in [0.3, 0.4) is 0 Å². The number of hydrogen-bond donors (Lipinski definition) is 1. The highest BCUT2D eigenvalue weighted by Crippen LogP contribution is 2.24. The van der Waals surface area contributed by atoms with Crippen LogP contribution < -0.4 is 5.32 Å². The molecule has 19 heavy (non-hydrogen) atoms. The third-order valence-corrected chi connectivity index (χ3v) is 6.39. The smallest absolute Gasteiger partial charge is 0.217 e. The van der Waals surface area contributed by atoms with Gasteiger partial charge in [-0.3, -0.25) is 0 Å². The fraction of sp³-hybridized carbons (Fsp3) is 1.00. The quantitative estimate of drug-likeness (QED) is 0.578. The van der Waals surface area contributed by atoms with E-state index in [2.05, 4.69) is 12.2 Å². The second-order valence-corrected chi connectivity index (χ2v) is 8.13. The first-order valence-electron chi connectivity index (χ1n) is 7.67. The Balaban J connectivity index is 2.58. The third-order valence-electron chi connectivity index (χ3n) is 4.11. The molecule has 0 radical (unpaired) electrons. The third kappa shape index (κ3) is 5.04. The number of hydrogen-bond acceptors (Lipinski definition) is 3. The van der Waals surface area contributed by atoms with E-state index in [0.717, 1.165) is 38.6 Å². The zero-order valence-electron chi connectivity index (χ0n) is 12.7. The van der Waals surface area contributed by atoms with Gasteiger partial charge in [0, 0.05) is 19.6 Å². The molecule has 0 aromatic carbocycles. The lowest BCUT2D eigenvalue weighted by Gasteiger charge is -2.29. The standard InChI is InChI=1S/C14H30N2O2S/c1-4-11-15-12-13(2)19(17,18)16(3)14-9-7-5-6-8-10-14/h13-15H,4-12H2,1-3H3. The molecule has 0 aromatic rings. The van der Waals surface area contributed by atoms with Crippen molar-refractivity contribution in [3.8, 4) is 0 Å². The Morgan fingerprint density at radius 1 is 1.21 bits per heavy atom. The second-order valence-electron chi connectivity index (χ2n) is 5.72. The van der Waals surface area contributed by atoms with E-state index in [1.165, 1.54) is 12.8 Å². The van der Waals surface area contributed by atoms with Crippen molar-refractivity contribution < 1.29 is 8.42 Å². The van der Waals surface area contributed by atoms with Crippen LogP contribution in [-0.4, -0.2) is 44.2 Å². The highest BCUT2D eigenvalue weighted by Gasteiger charge is 2.31. The maximum absolute atomic E-state index is 12.5. The lowest BCUT2D eigenvalue weighted by Crippen LogP contribution is -2.44. The van der Waals surface area contributed by atoms with E-state index in [0.29, 0.717) is 6.54 Å². The van der Waals surface area contributed by atoms with Crippen molar-refractivity contribution >= 4 is 10.0 Å². The minimum Gasteiger partial charge on any atom is -0.315 e. The Morgan fingerprint density at radius 2 is 1.79 bits per heavy atom. The van der Waals surface area contributed by atoms with Crippen LogP contribution in [-0.2, 0) is 10.0 Å². The largest absolute Gasteiger partial charge is 0.315 e. The monoisotopic (exact) mass is 290 g/mol. The average molecular weight is 290 g/mol. The maximum atomic E-state index is 12.5. The molecule has 4 nitrogen and oxygen atoms in total. The van der Waals surface area contributed by atoms with Gasteiger partial charge < -0.3 is 5.32 Å². The molecule has 0 bridgehead atoms. The molecule has 0 aliphatic heterocycles. The molecule has 0 aromatic heterocycles. The zero-order chi connectivity index (χ0) is 14.3. The van der Waals surface area contributed by atoms with Gasteiger partial charge in [-0.25, -0.2) is 12.7 Å². The highest BCUT2D eigenvalue weighted by molar-refractivity contribution is 7.89. The van der Waals surface area contributed by atoms with Crippen molar-refractivity contribution in [3.63, 3.8) is 0 Å². The molecular weight excluding hydrogens is 260 g/mol. The summed E-state index contributed by atoms with van der Waals surface area (Å²) >= 11 is 0. The van der Waals surface area contributed by atoms with Crippen LogP contribution >= 0.6 is 0 Å². The summed E-state index contributed by atoms with van der Waals surface area (Å²) in [5, 5.41) is 2.86. The number of rotatable bonds is 7. The first-order chi connectivity index (χ1) is 9.00. The number of nitrogens with zero attached hydrogens (tertiary/aromatic N) is 1. The first kappa shape index (κ1) is 16.9. The van der Waals surface area contributed by atoms with Gasteiger partial charge in [-0.2, -0.15) is 0 Å². The van der Waals surface area contributed by atoms with E-state index < -0.39 is 10.0 Å². The van der Waals surface area contributed by atoms with E-state index in [9.17, 15) is 8.42 Å². The van der Waals surface area contributed by atoms with Crippen LogP contribution in [0.2, 0.25) is 0 Å². The molecule has 1 atom stereocenters. The van der Waals surface area contributed by atoms with E-state index >= 15 is 0 Å². The van der Waals surface area contributed by atoms with Crippen molar-refractivity contribution in [1.29, 1.82) is 0 Å². The van der Waals surface area contributed by atoms with Crippen LogP contribution in [0, 0.1) is 0 Å². The van der Waals surface area contributed by atoms with Gasteiger partial charge in [0.2, 0.25) is 10.0 Å². The van der Waals surface area contributed by atoms with Gasteiger partial charge in [-0.05, 0) is 32.7 Å². The predicted octanol–water partition coefficient (Wildman–Crippen LogP) is 2.36. The van der Waals surface area contributed by atoms with Gasteiger partial charge >= 0.3 is 0 Å². The molecule has 1 fully saturated rings. The van der Waals surface area contributed by atoms with Gasteiger partial charge in [0.05, 0.1) is 5.25 Å². The molecule has 5 heteroatoms. The Morgan fingerprint density at radius 3 is 2.32 bits per heavy atom. The second kappa shape index (κ2) is 8.22. The van der Waals surface area contributed by atoms with Crippen molar-refractivity contribution in [1.82, 2.24) is 9.62 Å². The van der Waals surface area contributed by atoms with Gasteiger partial charge in [-0.1, -0.05) is 32.6 Å². The van der Waals surface area contributed by atoms with E-state index in [4.69, 9.17) is 0 Å². The molecule has 1 N–H and O–H groups in total. The SMILES string of the molecule is CCCNCC(C)S(=O)(=O)N(C)C1CCCCCC1. The molecule has 114 valence electrons. The van der Waals surface area contributed by atoms with Gasteiger partial charge in [0.15, 0.2) is 0 Å². The molecule has 1 aliphatic rings. The van der Waals surface area contributed by atoms with Crippen LogP contribution in [0.4, 0.5) is 0 Å². The van der Waals surface area contributed by atoms with Gasteiger partial charge in [-0.15, -0.1) is 0 Å². The molecule has 0 heterocycles. The molecular formula is C14H30N2O2S. The van der Waals surface area contributed by atoms with Crippen molar-refractivity contribution in [2.24, 2.45) is 0 Å². The predicted molar refractivity (Wildman–Crippen MR) is 80.8 cm³/mol. The summed E-state index contributed by atoms with van der Waals surface area (Å²) in [6.07, 6.45) is 7.89. The minimum atomic E-state index is -3.16. The van der Waals surface area contributed by atoms with E-state index in [1.54, 1.807) is 11.4 Å². The Bertz CT molecular complexity index is 335. The lowest BCUT2D eigenvalue weighted by atomic mass is 10.1. The molecule has 1 unspecified atom stereocenters. The van der Waals surface area contributed by atoms with Crippen molar-refractivity contribution in [2.45, 2.75) is 70.1 Å². The summed E-state index contributed by atoms with van der Waals surface area (Å²) in [5.41, 5.74) is 0. The highest BCUT2D eigenvalue weighted by atomic mass is 32.2. The summed E-state index contributed by atoms with van der Waals surface area (Å²) < 4.78 is 26.7. The van der Waals surface area contributed by atoms with Crippen molar-refractivity contribution in [2.75, 3.05) is 20.1 Å². The molecule has 0 spiro atoms. The Hall–Kier alpha value is -0.130. The van der Waals surface area contributed by atoms with E-state index in [-0.39, 0.29) is 11.3 Å². The summed E-state index contributed by atoms with van der Waals surface area (Å²) in [4.78, 5) is 0. The number of nitrogens with one attached hydrogen (secondary N) is 1. The van der Waals surface area contributed by atoms with E-state index in [1.807, 2.05) is 6.92 Å². The minimum absolute atomic E-state index is 0.209. The molecule has 1 aliphatic carbocycles. The summed E-state index contributed by atoms with van der Waals surface area (Å²) in [5.74, 6) is 0.